The minimum absolute atomic E-state index is 0. The van der Waals surface area contributed by atoms with E-state index in [4.69, 9.17) is 9.47 Å². The molecule has 200 valence electrons. The molecule has 1 atom stereocenters. The van der Waals surface area contributed by atoms with Gasteiger partial charge in [0, 0.05) is 62.7 Å². The number of carbonyl (C=O) groups is 1. The van der Waals surface area contributed by atoms with Gasteiger partial charge >= 0.3 is 0 Å². The first-order valence-corrected chi connectivity index (χ1v) is 12.4. The lowest BCUT2D eigenvalue weighted by molar-refractivity contribution is -0.384. The van der Waals surface area contributed by atoms with Crippen LogP contribution >= 0.6 is 12.4 Å². The molecule has 5 rings (SSSR count). The predicted molar refractivity (Wildman–Crippen MR) is 147 cm³/mol. The number of ether oxygens (including phenoxy) is 2. The van der Waals surface area contributed by atoms with Gasteiger partial charge in [0.15, 0.2) is 11.5 Å². The van der Waals surface area contributed by atoms with Crippen molar-refractivity contribution in [1.29, 1.82) is 0 Å². The van der Waals surface area contributed by atoms with Crippen LogP contribution in [0.4, 0.5) is 17.2 Å². The van der Waals surface area contributed by atoms with Gasteiger partial charge in [-0.25, -0.2) is 4.98 Å². The van der Waals surface area contributed by atoms with Crippen molar-refractivity contribution in [3.8, 4) is 11.5 Å². The van der Waals surface area contributed by atoms with E-state index in [2.05, 4.69) is 27.8 Å². The Morgan fingerprint density at radius 1 is 1.03 bits per heavy atom. The molecule has 3 heterocycles. The SMILES string of the molecule is C[C@H](CN(C(=O)c1ccc([N+](=O)[O-])cc1)c1ccccn1)N1CCN(c2cccc3c2OCCO3)CC1.Cl. The Bertz CT molecular complexity index is 1250. The average molecular weight is 540 g/mol. The summed E-state index contributed by atoms with van der Waals surface area (Å²) in [6, 6.07) is 17.2. The van der Waals surface area contributed by atoms with E-state index in [-0.39, 0.29) is 30.0 Å². The van der Waals surface area contributed by atoms with Gasteiger partial charge in [0.25, 0.3) is 11.6 Å². The summed E-state index contributed by atoms with van der Waals surface area (Å²) in [6.07, 6.45) is 1.65. The van der Waals surface area contributed by atoms with Gasteiger partial charge in [0.05, 0.1) is 10.6 Å². The van der Waals surface area contributed by atoms with Crippen molar-refractivity contribution in [2.75, 3.05) is 55.7 Å². The summed E-state index contributed by atoms with van der Waals surface area (Å²) in [5, 5.41) is 11.0. The van der Waals surface area contributed by atoms with E-state index < -0.39 is 4.92 Å². The maximum Gasteiger partial charge on any atom is 0.269 e. The second-order valence-corrected chi connectivity index (χ2v) is 9.08. The number of benzene rings is 2. The number of non-ortho nitro benzene ring substituents is 1. The molecule has 1 saturated heterocycles. The Hall–Kier alpha value is -3.89. The number of amides is 1. The monoisotopic (exact) mass is 539 g/mol. The molecule has 0 aliphatic carbocycles. The second-order valence-electron chi connectivity index (χ2n) is 9.08. The molecule has 1 amide bonds. The van der Waals surface area contributed by atoms with Gasteiger partial charge in [-0.1, -0.05) is 12.1 Å². The van der Waals surface area contributed by atoms with Crippen molar-refractivity contribution in [1.82, 2.24) is 9.88 Å². The van der Waals surface area contributed by atoms with Gasteiger partial charge in [-0.15, -0.1) is 12.4 Å². The molecule has 2 aliphatic rings. The maximum atomic E-state index is 13.5. The maximum absolute atomic E-state index is 13.5. The van der Waals surface area contributed by atoms with Crippen LogP contribution in [0.2, 0.25) is 0 Å². The summed E-state index contributed by atoms with van der Waals surface area (Å²) in [6.45, 7) is 6.95. The molecule has 0 saturated carbocycles. The molecule has 1 aromatic heterocycles. The fraction of sp³-hybridized carbons (Fsp3) is 0.333. The number of halogens is 1. The number of nitrogens with zero attached hydrogens (tertiary/aromatic N) is 5. The highest BCUT2D eigenvalue weighted by Gasteiger charge is 2.28. The van der Waals surface area contributed by atoms with Crippen molar-refractivity contribution in [2.45, 2.75) is 13.0 Å². The first-order valence-electron chi connectivity index (χ1n) is 12.4. The van der Waals surface area contributed by atoms with Crippen LogP contribution < -0.4 is 19.3 Å². The number of pyridine rings is 1. The van der Waals surface area contributed by atoms with Gasteiger partial charge in [0.2, 0.25) is 0 Å². The van der Waals surface area contributed by atoms with Gasteiger partial charge in [-0.2, -0.15) is 0 Å². The van der Waals surface area contributed by atoms with E-state index in [0.29, 0.717) is 31.1 Å². The van der Waals surface area contributed by atoms with Crippen LogP contribution in [0.25, 0.3) is 0 Å². The van der Waals surface area contributed by atoms with E-state index in [0.717, 1.165) is 43.4 Å². The molecule has 1 fully saturated rings. The highest BCUT2D eigenvalue weighted by Crippen LogP contribution is 2.39. The Morgan fingerprint density at radius 3 is 2.45 bits per heavy atom. The molecule has 11 heteroatoms. The van der Waals surface area contributed by atoms with Crippen LogP contribution in [0.5, 0.6) is 11.5 Å². The van der Waals surface area contributed by atoms with Crippen LogP contribution in [0.1, 0.15) is 17.3 Å². The minimum atomic E-state index is -0.475. The van der Waals surface area contributed by atoms with Crippen LogP contribution in [-0.4, -0.2) is 72.7 Å². The summed E-state index contributed by atoms with van der Waals surface area (Å²) in [7, 11) is 0. The second kappa shape index (κ2) is 12.1. The first kappa shape index (κ1) is 27.2. The number of nitro groups is 1. The van der Waals surface area contributed by atoms with Crippen molar-refractivity contribution in [3.05, 3.63) is 82.5 Å². The minimum Gasteiger partial charge on any atom is -0.486 e. The van der Waals surface area contributed by atoms with E-state index in [1.54, 1.807) is 23.2 Å². The summed E-state index contributed by atoms with van der Waals surface area (Å²) in [5.41, 5.74) is 1.38. The number of nitro benzene ring substituents is 1. The van der Waals surface area contributed by atoms with Gasteiger partial charge in [-0.3, -0.25) is 24.7 Å². The predicted octanol–water partition coefficient (Wildman–Crippen LogP) is 4.04. The van der Waals surface area contributed by atoms with Crippen LogP contribution in [0.3, 0.4) is 0 Å². The summed E-state index contributed by atoms with van der Waals surface area (Å²) < 4.78 is 11.6. The quantitative estimate of drug-likeness (QED) is 0.327. The molecule has 2 aromatic carbocycles. The third-order valence-electron chi connectivity index (χ3n) is 6.77. The number of hydrogen-bond acceptors (Lipinski definition) is 8. The number of aromatic nitrogens is 1. The summed E-state index contributed by atoms with van der Waals surface area (Å²) >= 11 is 0. The van der Waals surface area contributed by atoms with Gasteiger partial charge < -0.3 is 14.4 Å². The molecule has 10 nitrogen and oxygen atoms in total. The first-order chi connectivity index (χ1) is 18.0. The lowest BCUT2D eigenvalue weighted by atomic mass is 10.1. The lowest BCUT2D eigenvalue weighted by Crippen LogP contribution is -2.53. The number of piperazine rings is 1. The summed E-state index contributed by atoms with van der Waals surface area (Å²) in [5.74, 6) is 1.90. The van der Waals surface area contributed by atoms with E-state index in [1.165, 1.54) is 24.3 Å². The highest BCUT2D eigenvalue weighted by atomic mass is 35.5. The fourth-order valence-electron chi connectivity index (χ4n) is 4.77. The molecular weight excluding hydrogens is 510 g/mol. The van der Waals surface area contributed by atoms with Crippen molar-refractivity contribution in [2.24, 2.45) is 0 Å². The standard InChI is InChI=1S/C27H29N5O5.ClH/c1-20(29-13-15-30(16-14-29)23-5-4-6-24-26(23)37-18-17-36-24)19-31(25-7-2-3-12-28-25)27(33)21-8-10-22(11-9-21)32(34)35;/h2-12,20H,13-19H2,1H3;1H/t20-;/m1./s1. The number of rotatable bonds is 7. The van der Waals surface area contributed by atoms with Gasteiger partial charge in [-0.05, 0) is 43.3 Å². The zero-order chi connectivity index (χ0) is 25.8. The number of anilines is 2. The Balaban J connectivity index is 0.00000336. The molecule has 0 radical (unpaired) electrons. The third-order valence-corrected chi connectivity index (χ3v) is 6.77. The molecule has 2 aliphatic heterocycles. The largest absolute Gasteiger partial charge is 0.486 e. The lowest BCUT2D eigenvalue weighted by Gasteiger charge is -2.41. The van der Waals surface area contributed by atoms with Crippen molar-refractivity contribution in [3.63, 3.8) is 0 Å². The average Bonchev–Trinajstić information content (AvgIpc) is 2.95. The molecule has 3 aromatic rings. The number of hydrogen-bond donors (Lipinski definition) is 0. The number of fused-ring (bicyclic) bond motifs is 1. The fourth-order valence-corrected chi connectivity index (χ4v) is 4.77. The summed E-state index contributed by atoms with van der Waals surface area (Å²) in [4.78, 5) is 34.8. The third kappa shape index (κ3) is 5.81. The smallest absolute Gasteiger partial charge is 0.269 e. The van der Waals surface area contributed by atoms with E-state index >= 15 is 0 Å². The molecule has 0 unspecified atom stereocenters. The normalized spacial score (nSPS) is 15.8. The highest BCUT2D eigenvalue weighted by molar-refractivity contribution is 6.05. The van der Waals surface area contributed by atoms with Crippen molar-refractivity contribution < 1.29 is 19.2 Å². The van der Waals surface area contributed by atoms with Crippen LogP contribution in [-0.2, 0) is 0 Å². The molecule has 0 spiro atoms. The van der Waals surface area contributed by atoms with Crippen molar-refractivity contribution >= 4 is 35.5 Å². The molecule has 38 heavy (non-hydrogen) atoms. The van der Waals surface area contributed by atoms with Gasteiger partial charge in [0.1, 0.15) is 19.0 Å². The zero-order valence-electron chi connectivity index (χ0n) is 21.1. The number of para-hydroxylation sites is 1. The Kier molecular flexibility index (Phi) is 8.65. The topological polar surface area (TPSA) is 101 Å². The van der Waals surface area contributed by atoms with E-state index in [1.807, 2.05) is 18.2 Å². The molecule has 0 bridgehead atoms. The van der Waals surface area contributed by atoms with Crippen LogP contribution in [0, 0.1) is 10.1 Å². The Labute approximate surface area is 227 Å². The zero-order valence-corrected chi connectivity index (χ0v) is 21.9. The molecule has 0 N–H and O–H groups in total. The number of carbonyl (C=O) groups excluding carboxylic acids is 1. The van der Waals surface area contributed by atoms with E-state index in [9.17, 15) is 14.9 Å². The molecular formula is C27H30ClN5O5. The van der Waals surface area contributed by atoms with Crippen LogP contribution in [0.15, 0.2) is 66.9 Å². The Morgan fingerprint density at radius 2 is 1.76 bits per heavy atom.